The molecular weight excluding hydrogens is 240 g/mol. The van der Waals surface area contributed by atoms with Gasteiger partial charge >= 0.3 is 5.97 Å². The first-order valence-electron chi connectivity index (χ1n) is 4.94. The van der Waals surface area contributed by atoms with Crippen molar-refractivity contribution >= 4 is 26.0 Å². The van der Waals surface area contributed by atoms with Crippen molar-refractivity contribution in [3.8, 4) is 5.75 Å². The van der Waals surface area contributed by atoms with Crippen LogP contribution in [0.2, 0.25) is 19.6 Å². The molecular formula is C11H16O3SSi. The van der Waals surface area contributed by atoms with Crippen LogP contribution in [0, 0.1) is 0 Å². The van der Waals surface area contributed by atoms with Crippen LogP contribution in [0.4, 0.5) is 0 Å². The van der Waals surface area contributed by atoms with Gasteiger partial charge in [0.05, 0.1) is 0 Å². The van der Waals surface area contributed by atoms with Gasteiger partial charge in [0, 0.05) is 4.90 Å². The van der Waals surface area contributed by atoms with Gasteiger partial charge in [-0.2, -0.15) is 0 Å². The second kappa shape index (κ2) is 4.93. The molecule has 0 aromatic heterocycles. The minimum absolute atomic E-state index is 0.0268. The number of hydrogen-bond donors (Lipinski definition) is 1. The van der Waals surface area contributed by atoms with E-state index in [-0.39, 0.29) is 11.3 Å². The highest BCUT2D eigenvalue weighted by molar-refractivity contribution is 7.98. The largest absolute Gasteiger partial charge is 0.516 e. The number of phenolic OH excluding ortho intramolecular Hbond substituents is 1. The molecule has 0 amide bonds. The summed E-state index contributed by atoms with van der Waals surface area (Å²) >= 11 is 1.52. The fourth-order valence-electron chi connectivity index (χ4n) is 1.14. The monoisotopic (exact) mass is 256 g/mol. The lowest BCUT2D eigenvalue weighted by molar-refractivity contribution is 0.0721. The Balaban J connectivity index is 2.98. The van der Waals surface area contributed by atoms with E-state index in [9.17, 15) is 9.90 Å². The van der Waals surface area contributed by atoms with Crippen molar-refractivity contribution in [3.05, 3.63) is 23.8 Å². The van der Waals surface area contributed by atoms with Gasteiger partial charge in [0.15, 0.2) is 0 Å². The van der Waals surface area contributed by atoms with E-state index in [2.05, 4.69) is 0 Å². The van der Waals surface area contributed by atoms with E-state index < -0.39 is 14.3 Å². The van der Waals surface area contributed by atoms with Crippen LogP contribution >= 0.6 is 11.8 Å². The normalized spacial score (nSPS) is 11.2. The van der Waals surface area contributed by atoms with Crippen molar-refractivity contribution in [2.24, 2.45) is 0 Å². The molecule has 0 aliphatic heterocycles. The second-order valence-electron chi connectivity index (χ2n) is 4.38. The topological polar surface area (TPSA) is 46.5 Å². The predicted molar refractivity (Wildman–Crippen MR) is 68.6 cm³/mol. The second-order valence-corrected chi connectivity index (χ2v) is 9.69. The Hall–Kier alpha value is -0.943. The van der Waals surface area contributed by atoms with Crippen LogP contribution < -0.4 is 0 Å². The van der Waals surface area contributed by atoms with Crippen molar-refractivity contribution in [3.63, 3.8) is 0 Å². The summed E-state index contributed by atoms with van der Waals surface area (Å²) in [4.78, 5) is 12.7. The smallest absolute Gasteiger partial charge is 0.328 e. The molecule has 5 heteroatoms. The molecule has 0 spiro atoms. The molecule has 16 heavy (non-hydrogen) atoms. The van der Waals surface area contributed by atoms with E-state index in [1.54, 1.807) is 12.1 Å². The Kier molecular flexibility index (Phi) is 4.04. The molecule has 1 rings (SSSR count). The molecule has 0 atom stereocenters. The molecule has 1 N–H and O–H groups in total. The summed E-state index contributed by atoms with van der Waals surface area (Å²) in [6, 6.07) is 4.94. The van der Waals surface area contributed by atoms with Gasteiger partial charge in [-0.3, -0.25) is 0 Å². The van der Waals surface area contributed by atoms with E-state index >= 15 is 0 Å². The zero-order chi connectivity index (χ0) is 12.3. The molecule has 0 fully saturated rings. The summed E-state index contributed by atoms with van der Waals surface area (Å²) < 4.78 is 5.33. The van der Waals surface area contributed by atoms with E-state index in [4.69, 9.17) is 4.43 Å². The summed E-state index contributed by atoms with van der Waals surface area (Å²) in [5.74, 6) is -0.464. The van der Waals surface area contributed by atoms with Crippen LogP contribution in [0.15, 0.2) is 23.1 Å². The van der Waals surface area contributed by atoms with Crippen molar-refractivity contribution < 1.29 is 14.3 Å². The van der Waals surface area contributed by atoms with Crippen molar-refractivity contribution in [1.29, 1.82) is 0 Å². The highest BCUT2D eigenvalue weighted by Gasteiger charge is 2.23. The number of hydrogen-bond acceptors (Lipinski definition) is 4. The van der Waals surface area contributed by atoms with E-state index in [0.29, 0.717) is 0 Å². The lowest BCUT2D eigenvalue weighted by Crippen LogP contribution is -2.29. The predicted octanol–water partition coefficient (Wildman–Crippen LogP) is 3.11. The first-order valence-corrected chi connectivity index (χ1v) is 9.57. The Morgan fingerprint density at radius 1 is 1.38 bits per heavy atom. The summed E-state index contributed by atoms with van der Waals surface area (Å²) in [7, 11) is -1.92. The highest BCUT2D eigenvalue weighted by atomic mass is 32.2. The lowest BCUT2D eigenvalue weighted by Gasteiger charge is -2.17. The van der Waals surface area contributed by atoms with Crippen molar-refractivity contribution in [2.45, 2.75) is 24.5 Å². The molecule has 0 unspecified atom stereocenters. The van der Waals surface area contributed by atoms with E-state index in [0.717, 1.165) is 4.90 Å². The first kappa shape index (κ1) is 13.1. The number of rotatable bonds is 3. The molecule has 0 saturated heterocycles. The molecule has 0 bridgehead atoms. The van der Waals surface area contributed by atoms with Crippen LogP contribution in [-0.2, 0) is 4.43 Å². The van der Waals surface area contributed by atoms with Crippen LogP contribution in [-0.4, -0.2) is 25.6 Å². The van der Waals surface area contributed by atoms with E-state index in [1.807, 2.05) is 25.9 Å². The summed E-state index contributed by atoms with van der Waals surface area (Å²) in [6.45, 7) is 5.79. The van der Waals surface area contributed by atoms with Crippen molar-refractivity contribution in [1.82, 2.24) is 0 Å². The van der Waals surface area contributed by atoms with Gasteiger partial charge in [-0.05, 0) is 44.1 Å². The summed E-state index contributed by atoms with van der Waals surface area (Å²) in [5, 5.41) is 9.60. The number of benzene rings is 1. The average molecular weight is 256 g/mol. The molecule has 88 valence electrons. The molecule has 0 heterocycles. The van der Waals surface area contributed by atoms with Gasteiger partial charge in [0.1, 0.15) is 11.3 Å². The average Bonchev–Trinajstić information content (AvgIpc) is 2.15. The van der Waals surface area contributed by atoms with Gasteiger partial charge in [-0.1, -0.05) is 0 Å². The van der Waals surface area contributed by atoms with Crippen LogP contribution in [0.25, 0.3) is 0 Å². The molecule has 0 radical (unpaired) electrons. The zero-order valence-electron chi connectivity index (χ0n) is 9.90. The zero-order valence-corrected chi connectivity index (χ0v) is 11.7. The van der Waals surface area contributed by atoms with Gasteiger partial charge in [0.2, 0.25) is 8.32 Å². The van der Waals surface area contributed by atoms with Gasteiger partial charge in [-0.25, -0.2) is 4.79 Å². The molecule has 1 aromatic rings. The first-order chi connectivity index (χ1) is 7.33. The minimum Gasteiger partial charge on any atom is -0.516 e. The highest BCUT2D eigenvalue weighted by Crippen LogP contribution is 2.25. The third-order valence-corrected chi connectivity index (χ3v) is 3.35. The number of aromatic hydroxyl groups is 1. The van der Waals surface area contributed by atoms with Gasteiger partial charge in [0.25, 0.3) is 0 Å². The van der Waals surface area contributed by atoms with Crippen LogP contribution in [0.3, 0.4) is 0 Å². The summed E-state index contributed by atoms with van der Waals surface area (Å²) in [6.07, 6.45) is 1.92. The maximum atomic E-state index is 11.8. The maximum absolute atomic E-state index is 11.8. The van der Waals surface area contributed by atoms with E-state index in [1.165, 1.54) is 17.8 Å². The van der Waals surface area contributed by atoms with Gasteiger partial charge in [-0.15, -0.1) is 11.8 Å². The molecule has 0 aliphatic rings. The number of phenols is 1. The Morgan fingerprint density at radius 3 is 2.50 bits per heavy atom. The molecule has 1 aromatic carbocycles. The fraction of sp³-hybridized carbons (Fsp3) is 0.364. The quantitative estimate of drug-likeness (QED) is 0.667. The Morgan fingerprint density at radius 2 is 2.00 bits per heavy atom. The number of carbonyl (C=O) groups excluding carboxylic acids is 1. The number of carbonyl (C=O) groups is 1. The summed E-state index contributed by atoms with van der Waals surface area (Å²) in [5.41, 5.74) is 0.245. The maximum Gasteiger partial charge on any atom is 0.328 e. The lowest BCUT2D eigenvalue weighted by atomic mass is 10.2. The Labute approximate surface area is 101 Å². The minimum atomic E-state index is -1.92. The third-order valence-electron chi connectivity index (χ3n) is 1.82. The van der Waals surface area contributed by atoms with Gasteiger partial charge < -0.3 is 9.53 Å². The SMILES string of the molecule is CSc1ccc(O)c(C(=O)O[Si](C)(C)C)c1. The van der Waals surface area contributed by atoms with Crippen molar-refractivity contribution in [2.75, 3.05) is 6.26 Å². The standard InChI is InChI=1S/C11H16O3SSi/c1-15-8-5-6-10(12)9(7-8)11(13)14-16(2,3)4/h5-7,12H,1-4H3. The Bertz CT molecular complexity index is 399. The number of thioether (sulfide) groups is 1. The molecule has 0 aliphatic carbocycles. The van der Waals surface area contributed by atoms with Crippen LogP contribution in [0.5, 0.6) is 5.75 Å². The third kappa shape index (κ3) is 3.57. The molecule has 0 saturated carbocycles. The molecule has 3 nitrogen and oxygen atoms in total. The van der Waals surface area contributed by atoms with Crippen LogP contribution in [0.1, 0.15) is 10.4 Å². The fourth-order valence-corrected chi connectivity index (χ4v) is 2.24.